The van der Waals surface area contributed by atoms with Crippen molar-refractivity contribution in [3.63, 3.8) is 0 Å². The van der Waals surface area contributed by atoms with Crippen molar-refractivity contribution < 1.29 is 9.18 Å². The van der Waals surface area contributed by atoms with Crippen LogP contribution in [0.25, 0.3) is 11.4 Å². The van der Waals surface area contributed by atoms with Gasteiger partial charge >= 0.3 is 0 Å². The molecule has 0 bridgehead atoms. The predicted molar refractivity (Wildman–Crippen MR) is 86.5 cm³/mol. The lowest BCUT2D eigenvalue weighted by Crippen LogP contribution is -2.45. The number of tetrazole rings is 1. The normalized spacial score (nSPS) is 16.2. The number of nitrogens with zero attached hydrogens (tertiary/aromatic N) is 5. The van der Waals surface area contributed by atoms with Crippen molar-refractivity contribution in [3.8, 4) is 11.4 Å². The number of halogens is 1. The minimum atomic E-state index is -0.361. The molecular weight excluding hydrogens is 311 g/mol. The van der Waals surface area contributed by atoms with E-state index < -0.39 is 0 Å². The fourth-order valence-electron chi connectivity index (χ4n) is 2.85. The lowest BCUT2D eigenvalue weighted by molar-refractivity contribution is -0.123. The average molecular weight is 332 g/mol. The quantitative estimate of drug-likeness (QED) is 0.887. The van der Waals surface area contributed by atoms with Crippen LogP contribution < -0.4 is 5.32 Å². The Hall–Kier alpha value is -2.35. The van der Waals surface area contributed by atoms with Gasteiger partial charge in [-0.2, -0.15) is 4.80 Å². The van der Waals surface area contributed by atoms with Gasteiger partial charge in [0.1, 0.15) is 12.4 Å². The molecule has 0 radical (unpaired) electrons. The summed E-state index contributed by atoms with van der Waals surface area (Å²) in [6.45, 7) is 5.22. The summed E-state index contributed by atoms with van der Waals surface area (Å²) < 4.78 is 13.2. The first-order valence-electron chi connectivity index (χ1n) is 8.19. The molecule has 1 fully saturated rings. The number of hydrogen-bond donors (Lipinski definition) is 1. The molecule has 1 saturated heterocycles. The van der Waals surface area contributed by atoms with Gasteiger partial charge in [-0.15, -0.1) is 10.2 Å². The Bertz CT molecular complexity index is 695. The zero-order valence-corrected chi connectivity index (χ0v) is 13.7. The molecular formula is C16H21FN6O. The Balaban J connectivity index is 1.54. The van der Waals surface area contributed by atoms with E-state index in [0.29, 0.717) is 11.4 Å². The maximum Gasteiger partial charge on any atom is 0.243 e. The van der Waals surface area contributed by atoms with E-state index in [1.54, 1.807) is 12.1 Å². The average Bonchev–Trinajstić information content (AvgIpc) is 3.04. The summed E-state index contributed by atoms with van der Waals surface area (Å²) in [7, 11) is 0. The fourth-order valence-corrected chi connectivity index (χ4v) is 2.85. The number of hydrogen-bond acceptors (Lipinski definition) is 5. The molecule has 0 unspecified atom stereocenters. The molecule has 2 heterocycles. The van der Waals surface area contributed by atoms with Gasteiger partial charge in [-0.25, -0.2) is 4.39 Å². The molecule has 0 spiro atoms. The first-order valence-corrected chi connectivity index (χ1v) is 8.19. The number of rotatable bonds is 5. The Kier molecular flexibility index (Phi) is 5.14. The maximum atomic E-state index is 13.2. The summed E-state index contributed by atoms with van der Waals surface area (Å²) in [5.41, 5.74) is 0.536. The van der Waals surface area contributed by atoms with Crippen LogP contribution in [-0.2, 0) is 11.3 Å². The molecule has 1 amide bonds. The van der Waals surface area contributed by atoms with Crippen molar-refractivity contribution in [1.29, 1.82) is 0 Å². The van der Waals surface area contributed by atoms with Crippen LogP contribution in [0.2, 0.25) is 0 Å². The zero-order chi connectivity index (χ0) is 16.9. The lowest BCUT2D eigenvalue weighted by atomic mass is 10.1. The number of amides is 1. The van der Waals surface area contributed by atoms with Crippen molar-refractivity contribution in [3.05, 3.63) is 30.1 Å². The van der Waals surface area contributed by atoms with E-state index >= 15 is 0 Å². The second-order valence-corrected chi connectivity index (χ2v) is 5.93. The Morgan fingerprint density at radius 3 is 2.88 bits per heavy atom. The molecule has 0 aliphatic carbocycles. The highest BCUT2D eigenvalue weighted by Gasteiger charge is 2.20. The summed E-state index contributed by atoms with van der Waals surface area (Å²) in [5.74, 6) is -0.188. The number of aromatic nitrogens is 4. The van der Waals surface area contributed by atoms with E-state index in [0.717, 1.165) is 32.5 Å². The van der Waals surface area contributed by atoms with Crippen LogP contribution >= 0.6 is 0 Å². The molecule has 24 heavy (non-hydrogen) atoms. The molecule has 1 aromatic heterocycles. The van der Waals surface area contributed by atoms with Crippen molar-refractivity contribution in [2.45, 2.75) is 32.4 Å². The van der Waals surface area contributed by atoms with E-state index in [2.05, 4.69) is 32.6 Å². The molecule has 1 aromatic carbocycles. The minimum absolute atomic E-state index is 0.0102. The number of nitrogens with one attached hydrogen (secondary N) is 1. The number of carbonyl (C=O) groups is 1. The molecule has 1 N–H and O–H groups in total. The van der Waals surface area contributed by atoms with E-state index in [1.165, 1.54) is 16.9 Å². The van der Waals surface area contributed by atoms with Crippen LogP contribution in [0.4, 0.5) is 4.39 Å². The second kappa shape index (κ2) is 7.48. The third-order valence-corrected chi connectivity index (χ3v) is 4.22. The van der Waals surface area contributed by atoms with Gasteiger partial charge in [0.05, 0.1) is 0 Å². The van der Waals surface area contributed by atoms with Gasteiger partial charge in [0.15, 0.2) is 0 Å². The van der Waals surface area contributed by atoms with Gasteiger partial charge in [0, 0.05) is 24.7 Å². The molecule has 1 aliphatic heterocycles. The monoisotopic (exact) mass is 332 g/mol. The van der Waals surface area contributed by atoms with Gasteiger partial charge < -0.3 is 10.2 Å². The fraction of sp³-hybridized carbons (Fsp3) is 0.500. The smallest absolute Gasteiger partial charge is 0.243 e. The molecule has 128 valence electrons. The van der Waals surface area contributed by atoms with Crippen LogP contribution in [0.1, 0.15) is 19.8 Å². The van der Waals surface area contributed by atoms with E-state index in [9.17, 15) is 9.18 Å². The van der Waals surface area contributed by atoms with Crippen molar-refractivity contribution in [1.82, 2.24) is 30.4 Å². The Morgan fingerprint density at radius 2 is 2.17 bits per heavy atom. The standard InChI is InChI=1S/C16H21FN6O/c1-2-22-8-6-14(7-9-22)18-15(24)11-23-20-16(19-21-23)12-4-3-5-13(17)10-12/h3-5,10,14H,2,6-9,11H2,1H3,(H,18,24). The van der Waals surface area contributed by atoms with Gasteiger partial charge in [-0.3, -0.25) is 4.79 Å². The Labute approximate surface area is 139 Å². The first kappa shape index (κ1) is 16.5. The lowest BCUT2D eigenvalue weighted by Gasteiger charge is -2.31. The van der Waals surface area contributed by atoms with Crippen LogP contribution in [0.15, 0.2) is 24.3 Å². The summed E-state index contributed by atoms with van der Waals surface area (Å²) >= 11 is 0. The second-order valence-electron chi connectivity index (χ2n) is 5.93. The van der Waals surface area contributed by atoms with Gasteiger partial charge in [0.25, 0.3) is 0 Å². The van der Waals surface area contributed by atoms with Crippen LogP contribution in [0.3, 0.4) is 0 Å². The zero-order valence-electron chi connectivity index (χ0n) is 13.7. The van der Waals surface area contributed by atoms with Crippen LogP contribution in [0, 0.1) is 5.82 Å². The van der Waals surface area contributed by atoms with Crippen LogP contribution in [-0.4, -0.2) is 56.7 Å². The summed E-state index contributed by atoms with van der Waals surface area (Å²) in [6.07, 6.45) is 1.91. The van der Waals surface area contributed by atoms with Crippen molar-refractivity contribution >= 4 is 5.91 Å². The van der Waals surface area contributed by atoms with Crippen LogP contribution in [0.5, 0.6) is 0 Å². The number of carbonyl (C=O) groups excluding carboxylic acids is 1. The number of benzene rings is 1. The summed E-state index contributed by atoms with van der Waals surface area (Å²) in [4.78, 5) is 15.7. The van der Waals surface area contributed by atoms with E-state index in [-0.39, 0.29) is 24.3 Å². The van der Waals surface area contributed by atoms with Gasteiger partial charge in [-0.1, -0.05) is 19.1 Å². The maximum absolute atomic E-state index is 13.2. The topological polar surface area (TPSA) is 75.9 Å². The third-order valence-electron chi connectivity index (χ3n) is 4.22. The van der Waals surface area contributed by atoms with Crippen molar-refractivity contribution in [2.24, 2.45) is 0 Å². The molecule has 0 saturated carbocycles. The summed E-state index contributed by atoms with van der Waals surface area (Å²) in [5, 5.41) is 14.9. The SMILES string of the molecule is CCN1CCC(NC(=O)Cn2nnc(-c3cccc(F)c3)n2)CC1. The third kappa shape index (κ3) is 4.14. The first-order chi connectivity index (χ1) is 11.6. The molecule has 7 nitrogen and oxygen atoms in total. The Morgan fingerprint density at radius 1 is 1.38 bits per heavy atom. The summed E-state index contributed by atoms with van der Waals surface area (Å²) in [6, 6.07) is 6.17. The molecule has 8 heteroatoms. The highest BCUT2D eigenvalue weighted by molar-refractivity contribution is 5.75. The van der Waals surface area contributed by atoms with Gasteiger partial charge in [-0.05, 0) is 36.7 Å². The molecule has 2 aromatic rings. The number of likely N-dealkylation sites (tertiary alicyclic amines) is 1. The molecule has 3 rings (SSSR count). The highest BCUT2D eigenvalue weighted by atomic mass is 19.1. The minimum Gasteiger partial charge on any atom is -0.352 e. The largest absolute Gasteiger partial charge is 0.352 e. The van der Waals surface area contributed by atoms with E-state index in [1.807, 2.05) is 0 Å². The van der Waals surface area contributed by atoms with Crippen molar-refractivity contribution in [2.75, 3.05) is 19.6 Å². The van der Waals surface area contributed by atoms with Gasteiger partial charge in [0.2, 0.25) is 11.7 Å². The predicted octanol–water partition coefficient (Wildman–Crippen LogP) is 1.08. The molecule has 1 aliphatic rings. The molecule has 0 atom stereocenters. The van der Waals surface area contributed by atoms with E-state index in [4.69, 9.17) is 0 Å². The number of piperidine rings is 1. The highest BCUT2D eigenvalue weighted by Crippen LogP contribution is 2.14.